The summed E-state index contributed by atoms with van der Waals surface area (Å²) in [7, 11) is 0. The van der Waals surface area contributed by atoms with Gasteiger partial charge in [0.05, 0.1) is 0 Å². The van der Waals surface area contributed by atoms with Gasteiger partial charge in [-0.2, -0.15) is 0 Å². The van der Waals surface area contributed by atoms with E-state index in [0.29, 0.717) is 25.3 Å². The maximum atomic E-state index is 12.9. The molecule has 3 aromatic rings. The van der Waals surface area contributed by atoms with Crippen molar-refractivity contribution in [2.45, 2.75) is 32.7 Å². The first-order valence-electron chi connectivity index (χ1n) is 9.40. The molecular formula is C22H25N5O. The van der Waals surface area contributed by atoms with Crippen LogP contribution >= 0.6 is 0 Å². The van der Waals surface area contributed by atoms with E-state index in [1.165, 1.54) is 0 Å². The van der Waals surface area contributed by atoms with Crippen molar-refractivity contribution in [2.75, 3.05) is 11.9 Å². The molecule has 6 heteroatoms. The van der Waals surface area contributed by atoms with Crippen molar-refractivity contribution in [1.29, 1.82) is 0 Å². The lowest BCUT2D eigenvalue weighted by atomic mass is 10.1. The van der Waals surface area contributed by atoms with E-state index < -0.39 is 6.04 Å². The quantitative estimate of drug-likeness (QED) is 0.633. The second kappa shape index (κ2) is 9.60. The Kier molecular flexibility index (Phi) is 6.68. The number of pyridine rings is 1. The minimum absolute atomic E-state index is 0.0810. The van der Waals surface area contributed by atoms with Gasteiger partial charge in [-0.15, -0.1) is 0 Å². The molecule has 2 N–H and O–H groups in total. The van der Waals surface area contributed by atoms with Crippen LogP contribution in [-0.4, -0.2) is 33.4 Å². The second-order valence-corrected chi connectivity index (χ2v) is 6.72. The summed E-state index contributed by atoms with van der Waals surface area (Å²) >= 11 is 0. The smallest absolute Gasteiger partial charge is 0.242 e. The zero-order valence-corrected chi connectivity index (χ0v) is 16.2. The Morgan fingerprint density at radius 3 is 2.39 bits per heavy atom. The molecule has 0 fully saturated rings. The van der Waals surface area contributed by atoms with Crippen LogP contribution in [0, 0.1) is 13.8 Å². The van der Waals surface area contributed by atoms with Gasteiger partial charge in [-0.3, -0.25) is 9.78 Å². The highest BCUT2D eigenvalue weighted by molar-refractivity contribution is 5.84. The van der Waals surface area contributed by atoms with E-state index in [0.717, 1.165) is 22.6 Å². The van der Waals surface area contributed by atoms with Gasteiger partial charge in [0.25, 0.3) is 0 Å². The van der Waals surface area contributed by atoms with Crippen LogP contribution in [0.25, 0.3) is 0 Å². The summed E-state index contributed by atoms with van der Waals surface area (Å²) < 4.78 is 0. The molecule has 0 aliphatic heterocycles. The molecule has 6 nitrogen and oxygen atoms in total. The number of aromatic nitrogens is 3. The van der Waals surface area contributed by atoms with E-state index >= 15 is 0 Å². The van der Waals surface area contributed by atoms with Crippen molar-refractivity contribution in [3.8, 4) is 0 Å². The standard InChI is InChI=1S/C22H25N5O/c1-16-14-17(2)26-22(25-16)27-20(15-18-8-4-3-5-9-18)21(28)24-13-11-19-10-6-7-12-23-19/h3-10,12,14,20H,11,13,15H2,1-2H3,(H,24,28)(H,25,26,27)/t20-/m0/s1. The molecule has 3 rings (SSSR count). The van der Waals surface area contributed by atoms with Crippen molar-refractivity contribution in [3.63, 3.8) is 0 Å². The van der Waals surface area contributed by atoms with E-state index in [2.05, 4.69) is 25.6 Å². The van der Waals surface area contributed by atoms with Gasteiger partial charge in [-0.05, 0) is 37.6 Å². The second-order valence-electron chi connectivity index (χ2n) is 6.72. The third-order valence-corrected chi connectivity index (χ3v) is 4.29. The van der Waals surface area contributed by atoms with Gasteiger partial charge < -0.3 is 10.6 Å². The number of carbonyl (C=O) groups excluding carboxylic acids is 1. The first kappa shape index (κ1) is 19.5. The summed E-state index contributed by atoms with van der Waals surface area (Å²) in [6.45, 7) is 4.36. The molecule has 144 valence electrons. The van der Waals surface area contributed by atoms with Gasteiger partial charge in [0.15, 0.2) is 0 Å². The van der Waals surface area contributed by atoms with E-state index in [1.54, 1.807) is 6.20 Å². The summed E-state index contributed by atoms with van der Waals surface area (Å²) in [5.74, 6) is 0.390. The largest absolute Gasteiger partial charge is 0.354 e. The Balaban J connectivity index is 1.68. The molecule has 0 aliphatic rings. The van der Waals surface area contributed by atoms with E-state index in [-0.39, 0.29) is 5.91 Å². The molecule has 1 amide bonds. The minimum atomic E-state index is -0.465. The highest BCUT2D eigenvalue weighted by Crippen LogP contribution is 2.10. The summed E-state index contributed by atoms with van der Waals surface area (Å²) in [6, 6.07) is 17.2. The van der Waals surface area contributed by atoms with Crippen LogP contribution in [0.2, 0.25) is 0 Å². The van der Waals surface area contributed by atoms with Crippen molar-refractivity contribution in [1.82, 2.24) is 20.3 Å². The Morgan fingerprint density at radius 1 is 1.00 bits per heavy atom. The number of hydrogen-bond acceptors (Lipinski definition) is 5. The number of nitrogens with one attached hydrogen (secondary N) is 2. The van der Waals surface area contributed by atoms with Crippen LogP contribution in [0.4, 0.5) is 5.95 Å². The molecule has 0 saturated carbocycles. The molecule has 2 heterocycles. The Labute approximate surface area is 165 Å². The van der Waals surface area contributed by atoms with Crippen LogP contribution in [0.15, 0.2) is 60.8 Å². The molecule has 1 atom stereocenters. The number of hydrogen-bond donors (Lipinski definition) is 2. The number of carbonyl (C=O) groups is 1. The number of nitrogens with zero attached hydrogens (tertiary/aromatic N) is 3. The molecule has 0 aliphatic carbocycles. The molecule has 1 aromatic carbocycles. The van der Waals surface area contributed by atoms with Crippen LogP contribution in [0.3, 0.4) is 0 Å². The maximum Gasteiger partial charge on any atom is 0.242 e. The van der Waals surface area contributed by atoms with Gasteiger partial charge in [0.2, 0.25) is 11.9 Å². The molecule has 2 aromatic heterocycles. The fourth-order valence-corrected chi connectivity index (χ4v) is 2.99. The molecule has 28 heavy (non-hydrogen) atoms. The van der Waals surface area contributed by atoms with Crippen LogP contribution in [-0.2, 0) is 17.6 Å². The van der Waals surface area contributed by atoms with Gasteiger partial charge in [0.1, 0.15) is 6.04 Å². The normalized spacial score (nSPS) is 11.6. The van der Waals surface area contributed by atoms with Gasteiger partial charge in [-0.1, -0.05) is 36.4 Å². The summed E-state index contributed by atoms with van der Waals surface area (Å²) in [5.41, 5.74) is 3.75. The predicted octanol–water partition coefficient (Wildman–Crippen LogP) is 2.87. The molecular weight excluding hydrogens is 350 g/mol. The molecule has 0 radical (unpaired) electrons. The third kappa shape index (κ3) is 5.87. The van der Waals surface area contributed by atoms with Crippen molar-refractivity contribution in [2.24, 2.45) is 0 Å². The number of aryl methyl sites for hydroxylation is 2. The third-order valence-electron chi connectivity index (χ3n) is 4.29. The average Bonchev–Trinajstić information content (AvgIpc) is 2.68. The lowest BCUT2D eigenvalue weighted by molar-refractivity contribution is -0.121. The lowest BCUT2D eigenvalue weighted by Crippen LogP contribution is -2.42. The zero-order valence-electron chi connectivity index (χ0n) is 16.2. The Hall–Kier alpha value is -3.28. The highest BCUT2D eigenvalue weighted by Gasteiger charge is 2.20. The Bertz CT molecular complexity index is 879. The lowest BCUT2D eigenvalue weighted by Gasteiger charge is -2.19. The van der Waals surface area contributed by atoms with Crippen LogP contribution in [0.1, 0.15) is 22.6 Å². The fourth-order valence-electron chi connectivity index (χ4n) is 2.99. The Morgan fingerprint density at radius 2 is 1.71 bits per heavy atom. The van der Waals surface area contributed by atoms with Gasteiger partial charge in [-0.25, -0.2) is 9.97 Å². The first-order chi connectivity index (χ1) is 13.6. The van der Waals surface area contributed by atoms with Gasteiger partial charge in [0, 0.05) is 42.7 Å². The van der Waals surface area contributed by atoms with E-state index in [1.807, 2.05) is 68.4 Å². The maximum absolute atomic E-state index is 12.9. The molecule has 0 saturated heterocycles. The summed E-state index contributed by atoms with van der Waals surface area (Å²) in [6.07, 6.45) is 2.99. The number of benzene rings is 1. The zero-order chi connectivity index (χ0) is 19.8. The number of rotatable bonds is 8. The van der Waals surface area contributed by atoms with Crippen LogP contribution < -0.4 is 10.6 Å². The fraction of sp³-hybridized carbons (Fsp3) is 0.273. The SMILES string of the molecule is Cc1cc(C)nc(N[C@@H](Cc2ccccc2)C(=O)NCCc2ccccn2)n1. The minimum Gasteiger partial charge on any atom is -0.354 e. The summed E-state index contributed by atoms with van der Waals surface area (Å²) in [4.78, 5) is 26.0. The number of anilines is 1. The van der Waals surface area contributed by atoms with E-state index in [4.69, 9.17) is 0 Å². The summed E-state index contributed by atoms with van der Waals surface area (Å²) in [5, 5.41) is 6.21. The molecule has 0 unspecified atom stereocenters. The van der Waals surface area contributed by atoms with Crippen molar-refractivity contribution >= 4 is 11.9 Å². The van der Waals surface area contributed by atoms with Crippen molar-refractivity contribution < 1.29 is 4.79 Å². The van der Waals surface area contributed by atoms with Crippen LogP contribution in [0.5, 0.6) is 0 Å². The molecule has 0 bridgehead atoms. The molecule has 0 spiro atoms. The van der Waals surface area contributed by atoms with Crippen molar-refractivity contribution in [3.05, 3.63) is 83.4 Å². The topological polar surface area (TPSA) is 79.8 Å². The monoisotopic (exact) mass is 375 g/mol. The highest BCUT2D eigenvalue weighted by atomic mass is 16.2. The number of amides is 1. The first-order valence-corrected chi connectivity index (χ1v) is 9.40. The predicted molar refractivity (Wildman–Crippen MR) is 110 cm³/mol. The van der Waals surface area contributed by atoms with E-state index in [9.17, 15) is 4.79 Å². The average molecular weight is 375 g/mol. The van der Waals surface area contributed by atoms with Gasteiger partial charge >= 0.3 is 0 Å².